The zero-order valence-electron chi connectivity index (χ0n) is 6.83. The molecule has 0 saturated carbocycles. The molecule has 66 valence electrons. The van der Waals surface area contributed by atoms with Gasteiger partial charge in [0.1, 0.15) is 0 Å². The lowest BCUT2D eigenvalue weighted by Crippen LogP contribution is -1.93. The highest BCUT2D eigenvalue weighted by molar-refractivity contribution is 9.14. The third-order valence-corrected chi connectivity index (χ3v) is 3.54. The highest BCUT2D eigenvalue weighted by Gasteiger charge is 2.09. The standard InChI is InChI=1S/C8H13Br2F/c1-3-5-6(4-2)7(9)8(10)11/h8H,3-5H2,1-2H3. The monoisotopic (exact) mass is 286 g/mol. The van der Waals surface area contributed by atoms with Crippen LogP contribution in [0.1, 0.15) is 33.1 Å². The Morgan fingerprint density at radius 1 is 1.45 bits per heavy atom. The van der Waals surface area contributed by atoms with Gasteiger partial charge in [-0.15, -0.1) is 0 Å². The third kappa shape index (κ3) is 4.26. The van der Waals surface area contributed by atoms with E-state index < -0.39 is 5.08 Å². The molecule has 0 rings (SSSR count). The summed E-state index contributed by atoms with van der Waals surface area (Å²) in [5.74, 6) is 0. The second-order valence-corrected chi connectivity index (χ2v) is 4.01. The Balaban J connectivity index is 4.27. The zero-order chi connectivity index (χ0) is 8.85. The van der Waals surface area contributed by atoms with Gasteiger partial charge in [0.15, 0.2) is 5.08 Å². The molecule has 0 N–H and O–H groups in total. The van der Waals surface area contributed by atoms with E-state index in [2.05, 4.69) is 38.8 Å². The van der Waals surface area contributed by atoms with E-state index >= 15 is 0 Å². The fourth-order valence-corrected chi connectivity index (χ4v) is 1.72. The van der Waals surface area contributed by atoms with Crippen molar-refractivity contribution in [2.45, 2.75) is 38.2 Å². The largest absolute Gasteiger partial charge is 0.229 e. The predicted octanol–water partition coefficient (Wildman–Crippen LogP) is 4.54. The maximum atomic E-state index is 12.7. The van der Waals surface area contributed by atoms with Gasteiger partial charge < -0.3 is 0 Å². The van der Waals surface area contributed by atoms with Crippen molar-refractivity contribution in [2.75, 3.05) is 0 Å². The van der Waals surface area contributed by atoms with Crippen molar-refractivity contribution >= 4 is 31.9 Å². The molecule has 0 radical (unpaired) electrons. The summed E-state index contributed by atoms with van der Waals surface area (Å²) in [5.41, 5.74) is 1.16. The SMILES string of the molecule is CCCC(CC)=C(Br)C(F)Br. The molecule has 0 amide bonds. The minimum Gasteiger partial charge on any atom is -0.229 e. The first kappa shape index (κ1) is 11.6. The first-order valence-corrected chi connectivity index (χ1v) is 5.49. The van der Waals surface area contributed by atoms with Crippen LogP contribution in [0.15, 0.2) is 10.1 Å². The molecule has 0 saturated heterocycles. The summed E-state index contributed by atoms with van der Waals surface area (Å²) in [6.07, 6.45) is 2.96. The van der Waals surface area contributed by atoms with E-state index in [1.807, 2.05) is 6.92 Å². The normalized spacial score (nSPS) is 16.1. The number of hydrogen-bond acceptors (Lipinski definition) is 0. The minimum atomic E-state index is -1.04. The third-order valence-electron chi connectivity index (χ3n) is 1.51. The summed E-state index contributed by atoms with van der Waals surface area (Å²) >= 11 is 6.11. The number of halogens is 3. The van der Waals surface area contributed by atoms with E-state index in [1.165, 1.54) is 0 Å². The molecule has 1 unspecified atom stereocenters. The summed E-state index contributed by atoms with van der Waals surface area (Å²) in [4.78, 5) is 0. The molecule has 0 aromatic heterocycles. The molecule has 1 atom stereocenters. The van der Waals surface area contributed by atoms with Crippen LogP contribution in [-0.4, -0.2) is 5.08 Å². The van der Waals surface area contributed by atoms with Crippen molar-refractivity contribution in [1.82, 2.24) is 0 Å². The first-order valence-electron chi connectivity index (χ1n) is 3.79. The topological polar surface area (TPSA) is 0 Å². The van der Waals surface area contributed by atoms with Crippen LogP contribution in [0.25, 0.3) is 0 Å². The van der Waals surface area contributed by atoms with Gasteiger partial charge in [-0.2, -0.15) is 0 Å². The highest BCUT2D eigenvalue weighted by Crippen LogP contribution is 2.27. The Labute approximate surface area is 84.5 Å². The van der Waals surface area contributed by atoms with Crippen LogP contribution >= 0.6 is 31.9 Å². The Kier molecular flexibility index (Phi) is 6.53. The van der Waals surface area contributed by atoms with Crippen molar-refractivity contribution in [1.29, 1.82) is 0 Å². The van der Waals surface area contributed by atoms with Crippen LogP contribution in [0.2, 0.25) is 0 Å². The van der Waals surface area contributed by atoms with Crippen molar-refractivity contribution in [3.05, 3.63) is 10.1 Å². The molecule has 0 bridgehead atoms. The van der Waals surface area contributed by atoms with E-state index in [9.17, 15) is 4.39 Å². The summed E-state index contributed by atoms with van der Waals surface area (Å²) in [5, 5.41) is -1.04. The quantitative estimate of drug-likeness (QED) is 0.666. The fourth-order valence-electron chi connectivity index (χ4n) is 0.921. The molecule has 0 nitrogen and oxygen atoms in total. The van der Waals surface area contributed by atoms with Crippen LogP contribution in [-0.2, 0) is 0 Å². The molecular formula is C8H13Br2F. The van der Waals surface area contributed by atoms with Crippen molar-refractivity contribution in [2.24, 2.45) is 0 Å². The maximum absolute atomic E-state index is 12.7. The average molecular weight is 288 g/mol. The zero-order valence-corrected chi connectivity index (χ0v) is 10.0. The Morgan fingerprint density at radius 2 is 2.00 bits per heavy atom. The minimum absolute atomic E-state index is 0.668. The lowest BCUT2D eigenvalue weighted by Gasteiger charge is -2.07. The van der Waals surface area contributed by atoms with E-state index in [0.717, 1.165) is 24.8 Å². The lowest BCUT2D eigenvalue weighted by molar-refractivity contribution is 0.520. The van der Waals surface area contributed by atoms with Crippen LogP contribution < -0.4 is 0 Å². The summed E-state index contributed by atoms with van der Waals surface area (Å²) in [6, 6.07) is 0. The fraction of sp³-hybridized carbons (Fsp3) is 0.750. The van der Waals surface area contributed by atoms with E-state index in [0.29, 0.717) is 4.48 Å². The van der Waals surface area contributed by atoms with Gasteiger partial charge in [0.2, 0.25) is 0 Å². The molecule has 0 aromatic carbocycles. The van der Waals surface area contributed by atoms with Gasteiger partial charge in [0.25, 0.3) is 0 Å². The van der Waals surface area contributed by atoms with E-state index in [1.54, 1.807) is 0 Å². The summed E-state index contributed by atoms with van der Waals surface area (Å²) in [7, 11) is 0. The molecule has 0 fully saturated rings. The lowest BCUT2D eigenvalue weighted by atomic mass is 10.1. The van der Waals surface area contributed by atoms with Gasteiger partial charge in [-0.1, -0.05) is 41.8 Å². The molecule has 0 aliphatic carbocycles. The molecular weight excluding hydrogens is 275 g/mol. The molecule has 0 heterocycles. The second kappa shape index (κ2) is 6.18. The first-order chi connectivity index (χ1) is 5.13. The molecule has 0 aliphatic rings. The predicted molar refractivity (Wildman–Crippen MR) is 55.0 cm³/mol. The second-order valence-electron chi connectivity index (χ2n) is 2.36. The van der Waals surface area contributed by atoms with Crippen LogP contribution in [0.5, 0.6) is 0 Å². The van der Waals surface area contributed by atoms with E-state index in [4.69, 9.17) is 0 Å². The van der Waals surface area contributed by atoms with Gasteiger partial charge >= 0.3 is 0 Å². The molecule has 0 aromatic rings. The summed E-state index contributed by atoms with van der Waals surface area (Å²) in [6.45, 7) is 4.14. The van der Waals surface area contributed by atoms with Gasteiger partial charge in [-0.3, -0.25) is 0 Å². The number of rotatable bonds is 4. The Bertz CT molecular complexity index is 141. The number of alkyl halides is 2. The average Bonchev–Trinajstić information content (AvgIpc) is 1.98. The number of allylic oxidation sites excluding steroid dienone is 2. The molecule has 0 aliphatic heterocycles. The van der Waals surface area contributed by atoms with Crippen molar-refractivity contribution in [3.8, 4) is 0 Å². The Morgan fingerprint density at radius 3 is 2.27 bits per heavy atom. The number of hydrogen-bond donors (Lipinski definition) is 0. The van der Waals surface area contributed by atoms with Crippen LogP contribution in [0, 0.1) is 0 Å². The van der Waals surface area contributed by atoms with Gasteiger partial charge in [0, 0.05) is 4.48 Å². The van der Waals surface area contributed by atoms with E-state index in [-0.39, 0.29) is 0 Å². The van der Waals surface area contributed by atoms with Crippen molar-refractivity contribution < 1.29 is 4.39 Å². The van der Waals surface area contributed by atoms with Gasteiger partial charge in [0.05, 0.1) is 0 Å². The molecule has 3 heteroatoms. The Hall–Kier alpha value is 0.630. The van der Waals surface area contributed by atoms with Gasteiger partial charge in [-0.05, 0) is 28.8 Å². The van der Waals surface area contributed by atoms with Crippen LogP contribution in [0.4, 0.5) is 4.39 Å². The molecule has 0 spiro atoms. The summed E-state index contributed by atoms with van der Waals surface area (Å²) < 4.78 is 13.3. The van der Waals surface area contributed by atoms with Crippen molar-refractivity contribution in [3.63, 3.8) is 0 Å². The van der Waals surface area contributed by atoms with Crippen LogP contribution in [0.3, 0.4) is 0 Å². The maximum Gasteiger partial charge on any atom is 0.186 e. The smallest absolute Gasteiger partial charge is 0.186 e. The molecule has 11 heavy (non-hydrogen) atoms. The van der Waals surface area contributed by atoms with Gasteiger partial charge in [-0.25, -0.2) is 4.39 Å². The highest BCUT2D eigenvalue weighted by atomic mass is 79.9.